The summed E-state index contributed by atoms with van der Waals surface area (Å²) in [4.78, 5) is 0. The van der Waals surface area contributed by atoms with Gasteiger partial charge in [0.2, 0.25) is 0 Å². The molecule has 8 aromatic carbocycles. The fourth-order valence-corrected chi connectivity index (χ4v) is 7.61. The van der Waals surface area contributed by atoms with Crippen molar-refractivity contribution in [2.75, 3.05) is 0 Å². The number of hydrogen-bond donors (Lipinski definition) is 0. The monoisotopic (exact) mass is 900 g/mol. The van der Waals surface area contributed by atoms with Gasteiger partial charge >= 0.3 is 31.1 Å². The standard InChI is InChI=1S/C48H30N4.U/c1-2-14-38(15-3-1)51-45-19-8-6-17-41(45)43-29-35(23-27-47(43)51)36-24-28-48-44(30-36)42-18-7-9-20-46(42)52(48)39-25-21-33(22-26-39)31-49-50-32-37-13-10-12-34-11-4-5-16-40(34)37;/h1-30H;/q-2;+2. The summed E-state index contributed by atoms with van der Waals surface area (Å²) < 4.78 is 4.69. The van der Waals surface area contributed by atoms with E-state index in [1.165, 1.54) is 43.7 Å². The van der Waals surface area contributed by atoms with E-state index >= 15 is 0 Å². The van der Waals surface area contributed by atoms with Gasteiger partial charge in [-0.1, -0.05) is 109 Å². The molecule has 0 atom stereocenters. The maximum Gasteiger partial charge on any atom is 2.00 e. The van der Waals surface area contributed by atoms with Crippen LogP contribution in [0.3, 0.4) is 0 Å². The number of aromatic nitrogens is 2. The van der Waals surface area contributed by atoms with E-state index in [0.29, 0.717) is 0 Å². The molecule has 246 valence electrons. The second kappa shape index (κ2) is 13.9. The van der Waals surface area contributed by atoms with Gasteiger partial charge in [-0.3, -0.25) is 0 Å². The molecule has 0 aliphatic rings. The Labute approximate surface area is 330 Å². The quantitative estimate of drug-likeness (QED) is 0.0905. The van der Waals surface area contributed by atoms with E-state index in [9.17, 15) is 0 Å². The number of fused-ring (bicyclic) bond motifs is 7. The third-order valence-corrected chi connectivity index (χ3v) is 10.0. The van der Waals surface area contributed by atoms with Crippen LogP contribution >= 0.6 is 0 Å². The van der Waals surface area contributed by atoms with E-state index in [1.807, 2.05) is 36.4 Å². The molecule has 0 aliphatic carbocycles. The zero-order valence-electron chi connectivity index (χ0n) is 28.6. The third kappa shape index (κ3) is 5.80. The van der Waals surface area contributed by atoms with Crippen molar-refractivity contribution in [1.29, 1.82) is 0 Å². The van der Waals surface area contributed by atoms with Crippen LogP contribution in [0.4, 0.5) is 0 Å². The molecular weight excluding hydrogens is 871 g/mol. The molecule has 0 amide bonds. The minimum absolute atomic E-state index is 0. The maximum atomic E-state index is 4.18. The summed E-state index contributed by atoms with van der Waals surface area (Å²) in [7, 11) is 0. The molecule has 0 aliphatic heterocycles. The normalized spacial score (nSPS) is 11.8. The molecule has 53 heavy (non-hydrogen) atoms. The van der Waals surface area contributed by atoms with Crippen LogP contribution in [0, 0.1) is 31.1 Å². The summed E-state index contributed by atoms with van der Waals surface area (Å²) in [6.45, 7) is 0. The van der Waals surface area contributed by atoms with Crippen molar-refractivity contribution in [1.82, 2.24) is 9.13 Å². The van der Waals surface area contributed by atoms with E-state index in [1.54, 1.807) is 0 Å². The molecule has 4 nitrogen and oxygen atoms in total. The molecule has 0 saturated carbocycles. The van der Waals surface area contributed by atoms with Crippen LogP contribution in [0.2, 0.25) is 0 Å². The Morgan fingerprint density at radius 2 is 0.849 bits per heavy atom. The van der Waals surface area contributed by atoms with Gasteiger partial charge in [-0.05, 0) is 72.1 Å². The molecule has 2 heterocycles. The van der Waals surface area contributed by atoms with Crippen LogP contribution in [0.1, 0.15) is 11.1 Å². The van der Waals surface area contributed by atoms with Crippen molar-refractivity contribution in [2.24, 2.45) is 10.2 Å². The number of rotatable bonds is 6. The van der Waals surface area contributed by atoms with Crippen molar-refractivity contribution in [3.63, 3.8) is 0 Å². The number of para-hydroxylation sites is 3. The zero-order chi connectivity index (χ0) is 34.4. The first-order chi connectivity index (χ1) is 25.8. The molecule has 10 aromatic rings. The van der Waals surface area contributed by atoms with Crippen molar-refractivity contribution >= 4 is 66.8 Å². The Morgan fingerprint density at radius 1 is 0.358 bits per heavy atom. The SMILES string of the molecule is [C-](=NN=[C-]c1cccc2ccccc12)c1ccc(-n2c3ccccc3c3cc(-c4ccc5c(c4)c4ccccc4n5-c4ccccc4)ccc32)cc1.[U+2]. The smallest absolute Gasteiger partial charge is 0.311 e. The summed E-state index contributed by atoms with van der Waals surface area (Å²) in [6, 6.07) is 64.2. The molecule has 0 radical (unpaired) electrons. The first-order valence-electron chi connectivity index (χ1n) is 17.4. The average Bonchev–Trinajstić information content (AvgIpc) is 3.72. The number of nitrogens with zero attached hydrogens (tertiary/aromatic N) is 4. The van der Waals surface area contributed by atoms with Crippen molar-refractivity contribution in [3.8, 4) is 22.5 Å². The molecule has 0 N–H and O–H groups in total. The van der Waals surface area contributed by atoms with Crippen LogP contribution < -0.4 is 0 Å². The Hall–Kier alpha value is -5.99. The van der Waals surface area contributed by atoms with Gasteiger partial charge in [-0.15, -0.1) is 17.5 Å². The minimum Gasteiger partial charge on any atom is -0.311 e. The fourth-order valence-electron chi connectivity index (χ4n) is 7.61. The van der Waals surface area contributed by atoms with Crippen LogP contribution in [0.15, 0.2) is 192 Å². The van der Waals surface area contributed by atoms with E-state index in [-0.39, 0.29) is 31.1 Å². The first kappa shape index (κ1) is 32.9. The molecule has 0 unspecified atom stereocenters. The van der Waals surface area contributed by atoms with Gasteiger partial charge in [0, 0.05) is 32.9 Å². The summed E-state index contributed by atoms with van der Waals surface area (Å²) in [5.74, 6) is 0. The summed E-state index contributed by atoms with van der Waals surface area (Å²) >= 11 is 0. The summed E-state index contributed by atoms with van der Waals surface area (Å²) in [5, 5.41) is 15.5. The van der Waals surface area contributed by atoms with Crippen molar-refractivity contribution < 1.29 is 31.1 Å². The van der Waals surface area contributed by atoms with Crippen LogP contribution in [0.5, 0.6) is 0 Å². The summed E-state index contributed by atoms with van der Waals surface area (Å²) in [6.07, 6.45) is 6.12. The molecular formula is C48H30N4U. The molecule has 10 rings (SSSR count). The van der Waals surface area contributed by atoms with E-state index < -0.39 is 0 Å². The topological polar surface area (TPSA) is 34.6 Å². The van der Waals surface area contributed by atoms with Gasteiger partial charge in [0.15, 0.2) is 0 Å². The third-order valence-electron chi connectivity index (χ3n) is 10.0. The minimum atomic E-state index is 0. The van der Waals surface area contributed by atoms with Gasteiger partial charge in [-0.25, -0.2) is 10.2 Å². The fraction of sp³-hybridized carbons (Fsp3) is 0. The van der Waals surface area contributed by atoms with Gasteiger partial charge in [0.1, 0.15) is 0 Å². The Kier molecular flexibility index (Phi) is 8.60. The van der Waals surface area contributed by atoms with Crippen LogP contribution in [-0.4, -0.2) is 21.6 Å². The van der Waals surface area contributed by atoms with Gasteiger partial charge in [0.05, 0.1) is 22.1 Å². The van der Waals surface area contributed by atoms with Crippen LogP contribution in [0.25, 0.3) is 76.9 Å². The first-order valence-corrected chi connectivity index (χ1v) is 17.4. The molecule has 0 fully saturated rings. The van der Waals surface area contributed by atoms with Gasteiger partial charge in [-0.2, -0.15) is 29.3 Å². The Morgan fingerprint density at radius 3 is 1.49 bits per heavy atom. The predicted octanol–water partition coefficient (Wildman–Crippen LogP) is 11.9. The second-order valence-electron chi connectivity index (χ2n) is 13.0. The van der Waals surface area contributed by atoms with Crippen molar-refractivity contribution in [2.45, 2.75) is 0 Å². The Balaban J connectivity index is 0.00000372. The number of hydrogen-bond acceptors (Lipinski definition) is 2. The largest absolute Gasteiger partial charge is 2.00 e. The van der Waals surface area contributed by atoms with E-state index in [4.69, 9.17) is 0 Å². The molecule has 5 heteroatoms. The molecule has 0 bridgehead atoms. The molecule has 0 saturated heterocycles. The van der Waals surface area contributed by atoms with E-state index in [0.717, 1.165) is 44.3 Å². The van der Waals surface area contributed by atoms with E-state index in [2.05, 4.69) is 177 Å². The van der Waals surface area contributed by atoms with Crippen LogP contribution in [-0.2, 0) is 0 Å². The molecule has 2 aromatic heterocycles. The second-order valence-corrected chi connectivity index (χ2v) is 13.0. The van der Waals surface area contributed by atoms with Crippen molar-refractivity contribution in [3.05, 3.63) is 193 Å². The number of benzene rings is 8. The molecule has 0 spiro atoms. The zero-order valence-corrected chi connectivity index (χ0v) is 32.8. The Bertz CT molecular complexity index is 3000. The van der Waals surface area contributed by atoms with Gasteiger partial charge in [0.25, 0.3) is 0 Å². The predicted molar refractivity (Wildman–Crippen MR) is 218 cm³/mol. The summed E-state index contributed by atoms with van der Waals surface area (Å²) in [5.41, 5.74) is 11.1. The van der Waals surface area contributed by atoms with Gasteiger partial charge < -0.3 is 9.13 Å². The maximum absolute atomic E-state index is 4.18. The average molecular weight is 901 g/mol.